The fourth-order valence-corrected chi connectivity index (χ4v) is 8.09. The van der Waals surface area contributed by atoms with E-state index in [0.29, 0.717) is 12.8 Å². The number of carbonyl (C=O) groups is 2. The number of nitrogen functional groups attached to an aromatic ring is 1. The molecule has 1 saturated heterocycles. The van der Waals surface area contributed by atoms with Crippen molar-refractivity contribution in [1.29, 1.82) is 0 Å². The second kappa shape index (κ2) is 22.3. The van der Waals surface area contributed by atoms with Crippen LogP contribution in [0.15, 0.2) is 67.0 Å². The van der Waals surface area contributed by atoms with E-state index >= 15 is 0 Å². The lowest BCUT2D eigenvalue weighted by Crippen LogP contribution is -2.46. The van der Waals surface area contributed by atoms with Gasteiger partial charge in [-0.05, 0) is 37.0 Å². The Morgan fingerprint density at radius 3 is 2.32 bits per heavy atom. The van der Waals surface area contributed by atoms with Crippen LogP contribution in [-0.4, -0.2) is 69.2 Å². The van der Waals surface area contributed by atoms with E-state index in [0.717, 1.165) is 56.9 Å². The van der Waals surface area contributed by atoms with Crippen LogP contribution in [0.5, 0.6) is 5.75 Å². The maximum atomic E-state index is 15.0. The van der Waals surface area contributed by atoms with Gasteiger partial charge in [0.1, 0.15) is 24.6 Å². The average molecular weight is 837 g/mol. The molecule has 2 aromatic carbocycles. The predicted molar refractivity (Wildman–Crippen MR) is 218 cm³/mol. The van der Waals surface area contributed by atoms with E-state index in [1.807, 2.05) is 30.3 Å². The number of hydrogen-bond acceptors (Lipinski definition) is 13. The number of aromatic nitrogens is 4. The fourth-order valence-electron chi connectivity index (χ4n) is 6.57. The summed E-state index contributed by atoms with van der Waals surface area (Å²) in [6.45, 7) is 3.81. The smallest absolute Gasteiger partial charge is 0.465 e. The molecule has 5 rings (SSSR count). The Labute approximate surface area is 344 Å². The molecule has 0 amide bonds. The third-order valence-electron chi connectivity index (χ3n) is 9.76. The van der Waals surface area contributed by atoms with Gasteiger partial charge in [0.2, 0.25) is 0 Å². The van der Waals surface area contributed by atoms with Gasteiger partial charge in [-0.25, -0.2) is 14.3 Å². The molecular weight excluding hydrogens is 782 g/mol. The number of terminal acetylenes is 1. The van der Waals surface area contributed by atoms with E-state index in [1.54, 1.807) is 30.3 Å². The number of nitrogens with zero attached hydrogens (tertiary/aromatic N) is 4. The third-order valence-corrected chi connectivity index (χ3v) is 11.3. The molecule has 318 valence electrons. The van der Waals surface area contributed by atoms with Gasteiger partial charge in [0.05, 0.1) is 19.5 Å². The maximum Gasteiger partial charge on any atom is 0.508 e. The Morgan fingerprint density at radius 1 is 0.983 bits per heavy atom. The molecule has 0 radical (unpaired) electrons. The molecule has 3 N–H and O–H groups in total. The number of halogens is 1. The summed E-state index contributed by atoms with van der Waals surface area (Å²) in [6, 6.07) is 16.2. The van der Waals surface area contributed by atoms with E-state index in [-0.39, 0.29) is 48.8 Å². The molecule has 0 aliphatic carbocycles. The van der Waals surface area contributed by atoms with Crippen LogP contribution < -0.4 is 15.3 Å². The highest BCUT2D eigenvalue weighted by atomic mass is 31.2. The van der Waals surface area contributed by atoms with Crippen LogP contribution in [0.2, 0.25) is 0 Å². The number of hydrogen-bond donors (Lipinski definition) is 2. The molecule has 0 bridgehead atoms. The minimum absolute atomic E-state index is 0.00559. The second-order valence-corrected chi connectivity index (χ2v) is 16.0. The summed E-state index contributed by atoms with van der Waals surface area (Å²) in [5, 5.41) is 2.83. The van der Waals surface area contributed by atoms with Crippen molar-refractivity contribution >= 4 is 36.9 Å². The molecule has 1 fully saturated rings. The SMILES string of the molecule is C#C[C@]1(CO[P@@](=O)(N[C@@H](Cc2ccccc2)C(=O)OCCCCCCCC)Oc2ccccc2)O[C@@H](n2cnc3c(N)nc(F)nc32)C[C@@H]1OC(=O)OCCCCCC. The lowest BCUT2D eigenvalue weighted by molar-refractivity contribution is -0.146. The first kappa shape index (κ1) is 45.0. The number of fused-ring (bicyclic) bond motifs is 1. The topological polar surface area (TPSA) is 188 Å². The van der Waals surface area contributed by atoms with Crippen molar-refractivity contribution in [2.45, 2.75) is 115 Å². The quantitative estimate of drug-likeness (QED) is 0.0226. The molecule has 0 spiro atoms. The molecule has 2 aromatic heterocycles. The third kappa shape index (κ3) is 13.0. The van der Waals surface area contributed by atoms with Crippen molar-refractivity contribution in [3.05, 3.63) is 78.6 Å². The Bertz CT molecular complexity index is 2040. The number of unbranched alkanes of at least 4 members (excludes halogenated alkanes) is 8. The first-order valence-corrected chi connectivity index (χ1v) is 21.7. The molecule has 5 atom stereocenters. The summed E-state index contributed by atoms with van der Waals surface area (Å²) < 4.78 is 66.1. The van der Waals surface area contributed by atoms with Crippen LogP contribution >= 0.6 is 7.75 Å². The summed E-state index contributed by atoms with van der Waals surface area (Å²) in [6.07, 6.45) is 12.4. The van der Waals surface area contributed by atoms with Gasteiger partial charge in [0.25, 0.3) is 0 Å². The van der Waals surface area contributed by atoms with Crippen LogP contribution in [0, 0.1) is 18.4 Å². The molecule has 4 aromatic rings. The normalized spacial score (nSPS) is 19.1. The summed E-state index contributed by atoms with van der Waals surface area (Å²) in [4.78, 5) is 38.4. The van der Waals surface area contributed by atoms with Crippen molar-refractivity contribution in [2.24, 2.45) is 0 Å². The van der Waals surface area contributed by atoms with E-state index in [2.05, 4.69) is 39.8 Å². The van der Waals surface area contributed by atoms with Crippen LogP contribution in [0.25, 0.3) is 11.2 Å². The van der Waals surface area contributed by atoms with Crippen LogP contribution in [-0.2, 0) is 39.3 Å². The summed E-state index contributed by atoms with van der Waals surface area (Å²) in [5.74, 6) is 1.85. The van der Waals surface area contributed by atoms with Crippen LogP contribution in [0.3, 0.4) is 0 Å². The number of anilines is 1. The van der Waals surface area contributed by atoms with Gasteiger partial charge >= 0.3 is 25.9 Å². The summed E-state index contributed by atoms with van der Waals surface area (Å²) >= 11 is 0. The van der Waals surface area contributed by atoms with Gasteiger partial charge in [0, 0.05) is 6.42 Å². The number of imidazole rings is 1. The van der Waals surface area contributed by atoms with Crippen molar-refractivity contribution in [1.82, 2.24) is 24.6 Å². The van der Waals surface area contributed by atoms with Gasteiger partial charge in [-0.2, -0.15) is 19.4 Å². The van der Waals surface area contributed by atoms with Gasteiger partial charge in [-0.1, -0.05) is 120 Å². The predicted octanol–water partition coefficient (Wildman–Crippen LogP) is 8.25. The van der Waals surface area contributed by atoms with E-state index in [1.165, 1.54) is 10.9 Å². The molecule has 1 aliphatic rings. The molecule has 1 aliphatic heterocycles. The Morgan fingerprint density at radius 2 is 1.63 bits per heavy atom. The molecular formula is C42H54FN6O9P. The highest BCUT2D eigenvalue weighted by Crippen LogP contribution is 2.49. The number of nitrogens with two attached hydrogens (primary N) is 1. The number of nitrogens with one attached hydrogen (secondary N) is 1. The number of ether oxygens (including phenoxy) is 4. The molecule has 0 saturated carbocycles. The number of esters is 1. The summed E-state index contributed by atoms with van der Waals surface area (Å²) in [5.41, 5.74) is 4.82. The Kier molecular flexibility index (Phi) is 17.0. The van der Waals surface area contributed by atoms with E-state index < -0.39 is 56.5 Å². The van der Waals surface area contributed by atoms with E-state index in [4.69, 9.17) is 40.2 Å². The zero-order valence-corrected chi connectivity index (χ0v) is 34.5. The van der Waals surface area contributed by atoms with Gasteiger partial charge in [-0.3, -0.25) is 13.9 Å². The molecule has 59 heavy (non-hydrogen) atoms. The molecule has 17 heteroatoms. The van der Waals surface area contributed by atoms with Crippen molar-refractivity contribution in [2.75, 3.05) is 25.6 Å². The summed E-state index contributed by atoms with van der Waals surface area (Å²) in [7, 11) is -4.58. The Balaban J connectivity index is 1.42. The highest BCUT2D eigenvalue weighted by Gasteiger charge is 2.53. The van der Waals surface area contributed by atoms with Gasteiger partial charge < -0.3 is 29.2 Å². The van der Waals surface area contributed by atoms with E-state index in [9.17, 15) is 18.5 Å². The standard InChI is InChI=1S/C42H54FN6O9P/c1-4-7-9-11-12-20-25-53-39(50)33(27-31-21-15-13-16-22-31)48-59(52,58-32-23-17-14-18-24-32)55-29-42(6-3)34(56-41(51)54-26-19-10-8-5-2)28-35(57-42)49-30-45-36-37(44)46-40(43)47-38(36)49/h3,13-18,21-24,30,33-35H,4-5,7-12,19-20,25-29H2,1-2H3,(H,48,52)(H2,44,46,47)/t33-,34-,35+,42+,59-/m0/s1. The molecule has 0 unspecified atom stereocenters. The fraction of sp³-hybridized carbons (Fsp3) is 0.500. The zero-order chi connectivity index (χ0) is 42.1. The first-order chi connectivity index (χ1) is 28.6. The number of para-hydroxylation sites is 1. The zero-order valence-electron chi connectivity index (χ0n) is 33.6. The Hall–Kier alpha value is -5.07. The number of benzene rings is 2. The largest absolute Gasteiger partial charge is 0.508 e. The average Bonchev–Trinajstić information content (AvgIpc) is 3.82. The highest BCUT2D eigenvalue weighted by molar-refractivity contribution is 7.52. The first-order valence-electron chi connectivity index (χ1n) is 20.2. The lowest BCUT2D eigenvalue weighted by atomic mass is 9.99. The lowest BCUT2D eigenvalue weighted by Gasteiger charge is -2.31. The number of rotatable bonds is 24. The van der Waals surface area contributed by atoms with Gasteiger partial charge in [0.15, 0.2) is 28.7 Å². The van der Waals surface area contributed by atoms with Gasteiger partial charge in [-0.15, -0.1) is 6.42 Å². The molecule has 15 nitrogen and oxygen atoms in total. The van der Waals surface area contributed by atoms with Crippen LogP contribution in [0.1, 0.15) is 96.3 Å². The van der Waals surface area contributed by atoms with Crippen molar-refractivity contribution < 1.29 is 46.5 Å². The molecule has 3 heterocycles. The second-order valence-electron chi connectivity index (χ2n) is 14.3. The number of carbonyl (C=O) groups excluding carboxylic acids is 2. The minimum atomic E-state index is -4.58. The monoisotopic (exact) mass is 836 g/mol. The van der Waals surface area contributed by atoms with Crippen LogP contribution in [0.4, 0.5) is 15.0 Å². The minimum Gasteiger partial charge on any atom is -0.465 e. The van der Waals surface area contributed by atoms with Crippen molar-refractivity contribution in [3.63, 3.8) is 0 Å². The maximum absolute atomic E-state index is 15.0. The van der Waals surface area contributed by atoms with Crippen molar-refractivity contribution in [3.8, 4) is 18.1 Å².